The minimum atomic E-state index is -0.312. The van der Waals surface area contributed by atoms with Gasteiger partial charge in [-0.05, 0) is 49.7 Å². The van der Waals surface area contributed by atoms with Crippen LogP contribution in [0.15, 0.2) is 30.3 Å². The topological polar surface area (TPSA) is 21.3 Å². The molecule has 0 saturated carbocycles. The molecule has 0 spiro atoms. The van der Waals surface area contributed by atoms with Gasteiger partial charge in [-0.15, -0.1) is 0 Å². The molecule has 1 N–H and O–H groups in total. The van der Waals surface area contributed by atoms with Crippen LogP contribution in [0.3, 0.4) is 0 Å². The summed E-state index contributed by atoms with van der Waals surface area (Å²) in [7, 11) is 3.45. The molecule has 2 rings (SSSR count). The summed E-state index contributed by atoms with van der Waals surface area (Å²) in [5, 5.41) is 3.56. The predicted molar refractivity (Wildman–Crippen MR) is 84.8 cm³/mol. The van der Waals surface area contributed by atoms with Crippen LogP contribution >= 0.6 is 11.6 Å². The van der Waals surface area contributed by atoms with E-state index in [2.05, 4.69) is 5.32 Å². The third kappa shape index (κ3) is 3.04. The number of rotatable bonds is 4. The lowest BCUT2D eigenvalue weighted by atomic mass is 9.94. The second-order valence-electron chi connectivity index (χ2n) is 5.04. The Bertz CT molecular complexity index is 614. The van der Waals surface area contributed by atoms with Crippen molar-refractivity contribution in [1.29, 1.82) is 0 Å². The molecule has 0 heterocycles. The van der Waals surface area contributed by atoms with E-state index in [0.29, 0.717) is 10.6 Å². The first-order chi connectivity index (χ1) is 9.99. The van der Waals surface area contributed by atoms with Gasteiger partial charge >= 0.3 is 0 Å². The third-order valence-electron chi connectivity index (χ3n) is 3.60. The molecule has 0 bridgehead atoms. The summed E-state index contributed by atoms with van der Waals surface area (Å²) in [4.78, 5) is 0. The zero-order valence-electron chi connectivity index (χ0n) is 12.6. The highest BCUT2D eigenvalue weighted by atomic mass is 35.5. The highest BCUT2D eigenvalue weighted by Crippen LogP contribution is 2.34. The number of aryl methyl sites for hydroxylation is 2. The fraction of sp³-hybridized carbons (Fsp3) is 0.294. The fourth-order valence-corrected chi connectivity index (χ4v) is 3.01. The van der Waals surface area contributed by atoms with E-state index in [0.717, 1.165) is 22.4 Å². The first-order valence-electron chi connectivity index (χ1n) is 6.76. The van der Waals surface area contributed by atoms with Crippen molar-refractivity contribution in [2.24, 2.45) is 0 Å². The minimum Gasteiger partial charge on any atom is -0.496 e. The lowest BCUT2D eigenvalue weighted by Crippen LogP contribution is -2.20. The van der Waals surface area contributed by atoms with Crippen LogP contribution in [-0.4, -0.2) is 14.2 Å². The molecule has 0 amide bonds. The summed E-state index contributed by atoms with van der Waals surface area (Å²) < 4.78 is 19.5. The van der Waals surface area contributed by atoms with Gasteiger partial charge in [0.2, 0.25) is 0 Å². The quantitative estimate of drug-likeness (QED) is 0.903. The van der Waals surface area contributed by atoms with Crippen LogP contribution in [0.5, 0.6) is 5.75 Å². The van der Waals surface area contributed by atoms with Gasteiger partial charge in [0.25, 0.3) is 0 Å². The normalized spacial score (nSPS) is 12.3. The van der Waals surface area contributed by atoms with Crippen molar-refractivity contribution in [1.82, 2.24) is 5.32 Å². The Morgan fingerprint density at radius 2 is 1.81 bits per heavy atom. The van der Waals surface area contributed by atoms with Crippen molar-refractivity contribution in [2.45, 2.75) is 19.9 Å². The number of nitrogens with one attached hydrogen (secondary N) is 1. The van der Waals surface area contributed by atoms with E-state index in [-0.39, 0.29) is 11.9 Å². The van der Waals surface area contributed by atoms with Crippen molar-refractivity contribution in [3.8, 4) is 5.75 Å². The molecule has 2 nitrogen and oxygen atoms in total. The van der Waals surface area contributed by atoms with E-state index in [9.17, 15) is 4.39 Å². The molecule has 112 valence electrons. The summed E-state index contributed by atoms with van der Waals surface area (Å²) in [5.41, 5.74) is 3.45. The van der Waals surface area contributed by atoms with Gasteiger partial charge in [0.05, 0.1) is 13.2 Å². The molecule has 2 aromatic rings. The highest BCUT2D eigenvalue weighted by molar-refractivity contribution is 6.31. The molecular weight excluding hydrogens is 289 g/mol. The number of ether oxygens (including phenoxy) is 1. The largest absolute Gasteiger partial charge is 0.496 e. The zero-order valence-corrected chi connectivity index (χ0v) is 13.4. The maximum absolute atomic E-state index is 14.2. The van der Waals surface area contributed by atoms with Crippen LogP contribution in [-0.2, 0) is 0 Å². The first-order valence-corrected chi connectivity index (χ1v) is 7.13. The van der Waals surface area contributed by atoms with Gasteiger partial charge < -0.3 is 10.1 Å². The van der Waals surface area contributed by atoms with Crippen LogP contribution in [0.4, 0.5) is 4.39 Å². The first kappa shape index (κ1) is 15.8. The van der Waals surface area contributed by atoms with E-state index in [1.165, 1.54) is 6.07 Å². The number of hydrogen-bond donors (Lipinski definition) is 1. The number of benzene rings is 2. The molecule has 0 aromatic heterocycles. The van der Waals surface area contributed by atoms with Crippen LogP contribution in [0, 0.1) is 19.7 Å². The molecule has 4 heteroatoms. The molecule has 2 aromatic carbocycles. The van der Waals surface area contributed by atoms with Crippen molar-refractivity contribution in [3.05, 3.63) is 63.4 Å². The summed E-state index contributed by atoms with van der Waals surface area (Å²) in [5.74, 6) is 0.543. The predicted octanol–water partition coefficient (Wildman–Crippen LogP) is 4.41. The van der Waals surface area contributed by atoms with E-state index in [1.54, 1.807) is 26.3 Å². The molecule has 1 unspecified atom stereocenters. The van der Waals surface area contributed by atoms with E-state index >= 15 is 0 Å². The fourth-order valence-electron chi connectivity index (χ4n) is 2.74. The van der Waals surface area contributed by atoms with Gasteiger partial charge in [-0.3, -0.25) is 0 Å². The number of methoxy groups -OCH3 is 1. The number of halogens is 2. The summed E-state index contributed by atoms with van der Waals surface area (Å²) in [6.45, 7) is 3.95. The van der Waals surface area contributed by atoms with Gasteiger partial charge in [-0.25, -0.2) is 4.39 Å². The number of hydrogen-bond acceptors (Lipinski definition) is 2. The van der Waals surface area contributed by atoms with Crippen LogP contribution < -0.4 is 10.1 Å². The van der Waals surface area contributed by atoms with Crippen LogP contribution in [0.1, 0.15) is 28.3 Å². The van der Waals surface area contributed by atoms with E-state index in [1.807, 2.05) is 26.0 Å². The Balaban J connectivity index is 2.57. The lowest BCUT2D eigenvalue weighted by molar-refractivity contribution is 0.408. The Hall–Kier alpha value is -1.58. The van der Waals surface area contributed by atoms with Crippen molar-refractivity contribution in [2.75, 3.05) is 14.2 Å². The van der Waals surface area contributed by atoms with Crippen LogP contribution in [0.25, 0.3) is 0 Å². The minimum absolute atomic E-state index is 0.304. The van der Waals surface area contributed by atoms with Gasteiger partial charge in [-0.2, -0.15) is 0 Å². The van der Waals surface area contributed by atoms with Gasteiger partial charge in [0, 0.05) is 10.6 Å². The molecule has 0 aliphatic rings. The van der Waals surface area contributed by atoms with E-state index in [4.69, 9.17) is 16.3 Å². The molecule has 0 fully saturated rings. The smallest absolute Gasteiger partial charge is 0.129 e. The lowest BCUT2D eigenvalue weighted by Gasteiger charge is -2.21. The molecule has 1 atom stereocenters. The third-order valence-corrected chi connectivity index (χ3v) is 3.93. The van der Waals surface area contributed by atoms with Crippen molar-refractivity contribution in [3.63, 3.8) is 0 Å². The summed E-state index contributed by atoms with van der Waals surface area (Å²) >= 11 is 6.19. The van der Waals surface area contributed by atoms with E-state index < -0.39 is 0 Å². The average Bonchev–Trinajstić information content (AvgIpc) is 2.42. The van der Waals surface area contributed by atoms with Crippen LogP contribution in [0.2, 0.25) is 5.02 Å². The molecule has 0 aliphatic carbocycles. The SMILES string of the molecule is CNC(c1cc(C)c(OC)c(C)c1)c1c(F)cccc1Cl. The average molecular weight is 308 g/mol. The Morgan fingerprint density at radius 1 is 1.19 bits per heavy atom. The molecular formula is C17H19ClFNO. The molecule has 0 saturated heterocycles. The van der Waals surface area contributed by atoms with Gasteiger partial charge in [-0.1, -0.05) is 29.8 Å². The standard InChI is InChI=1S/C17H19ClFNO/c1-10-8-12(9-11(2)17(10)21-4)16(20-3)15-13(18)6-5-7-14(15)19/h5-9,16,20H,1-4H3. The van der Waals surface area contributed by atoms with Crippen molar-refractivity contribution >= 4 is 11.6 Å². The Kier molecular flexibility index (Phi) is 4.86. The maximum atomic E-state index is 14.2. The van der Waals surface area contributed by atoms with Crippen molar-refractivity contribution < 1.29 is 9.13 Å². The van der Waals surface area contributed by atoms with Gasteiger partial charge in [0.15, 0.2) is 0 Å². The summed E-state index contributed by atoms with van der Waals surface area (Å²) in [6.07, 6.45) is 0. The zero-order chi connectivity index (χ0) is 15.6. The Labute approximate surface area is 129 Å². The molecule has 0 radical (unpaired) electrons. The Morgan fingerprint density at radius 3 is 2.29 bits per heavy atom. The second-order valence-corrected chi connectivity index (χ2v) is 5.45. The van der Waals surface area contributed by atoms with Gasteiger partial charge in [0.1, 0.15) is 11.6 Å². The monoisotopic (exact) mass is 307 g/mol. The maximum Gasteiger partial charge on any atom is 0.129 e. The summed E-state index contributed by atoms with van der Waals surface area (Å²) in [6, 6.07) is 8.42. The highest BCUT2D eigenvalue weighted by Gasteiger charge is 2.20. The second kappa shape index (κ2) is 6.46. The molecule has 0 aliphatic heterocycles. The molecule has 21 heavy (non-hydrogen) atoms.